The van der Waals surface area contributed by atoms with E-state index in [1.165, 1.54) is 6.92 Å². The first kappa shape index (κ1) is 26.4. The SMILES string of the molecule is Cc1c(C(=O)OCc2ccccc2)sc2ncn(C(C)C(=O)Nc3cc(C(F)(F)F)ccc3Cl)c(=O)c12. The van der Waals surface area contributed by atoms with Gasteiger partial charge in [0.25, 0.3) is 5.56 Å². The van der Waals surface area contributed by atoms with E-state index in [1.54, 1.807) is 6.92 Å². The van der Waals surface area contributed by atoms with E-state index in [4.69, 9.17) is 16.3 Å². The fourth-order valence-corrected chi connectivity index (χ4v) is 4.76. The number of aromatic nitrogens is 2. The van der Waals surface area contributed by atoms with Crippen molar-refractivity contribution in [2.75, 3.05) is 5.32 Å². The third kappa shape index (κ3) is 5.52. The molecule has 7 nitrogen and oxygen atoms in total. The predicted octanol–water partition coefficient (Wildman–Crippen LogP) is 6.00. The number of anilines is 1. The van der Waals surface area contributed by atoms with Crippen LogP contribution in [-0.4, -0.2) is 21.4 Å². The lowest BCUT2D eigenvalue weighted by Gasteiger charge is -2.16. The minimum absolute atomic E-state index is 0.0559. The van der Waals surface area contributed by atoms with Crippen molar-refractivity contribution in [2.24, 2.45) is 0 Å². The van der Waals surface area contributed by atoms with Crippen molar-refractivity contribution in [3.05, 3.63) is 91.8 Å². The Morgan fingerprint density at radius 2 is 1.89 bits per heavy atom. The fraction of sp³-hybridized carbons (Fsp3) is 0.200. The summed E-state index contributed by atoms with van der Waals surface area (Å²) in [5, 5.41) is 2.39. The number of halogens is 4. The summed E-state index contributed by atoms with van der Waals surface area (Å²) in [6.07, 6.45) is -3.48. The highest BCUT2D eigenvalue weighted by atomic mass is 35.5. The summed E-state index contributed by atoms with van der Waals surface area (Å²) in [6.45, 7) is 3.03. The number of ether oxygens (including phenoxy) is 1. The van der Waals surface area contributed by atoms with Crippen LogP contribution >= 0.6 is 22.9 Å². The molecule has 1 atom stereocenters. The standard InChI is InChI=1S/C25H19ClF3N3O4S/c1-13-19-22(37-20(13)24(35)36-11-15-6-4-3-5-7-15)30-12-32(23(19)34)14(2)21(33)31-18-10-16(25(27,28)29)8-9-17(18)26/h3-10,12,14H,11H2,1-2H3,(H,31,33). The Morgan fingerprint density at radius 3 is 2.57 bits per heavy atom. The number of hydrogen-bond donors (Lipinski definition) is 1. The number of alkyl halides is 3. The van der Waals surface area contributed by atoms with Gasteiger partial charge in [-0.1, -0.05) is 41.9 Å². The molecule has 1 N–H and O–H groups in total. The van der Waals surface area contributed by atoms with Gasteiger partial charge >= 0.3 is 12.1 Å². The molecule has 0 saturated carbocycles. The quantitative estimate of drug-likeness (QED) is 0.298. The van der Waals surface area contributed by atoms with Crippen LogP contribution in [0.5, 0.6) is 0 Å². The molecule has 0 aliphatic heterocycles. The van der Waals surface area contributed by atoms with E-state index in [9.17, 15) is 27.6 Å². The first-order valence-corrected chi connectivity index (χ1v) is 12.1. The zero-order valence-electron chi connectivity index (χ0n) is 19.4. The zero-order valence-corrected chi connectivity index (χ0v) is 21.0. The van der Waals surface area contributed by atoms with E-state index >= 15 is 0 Å². The molecule has 12 heteroatoms. The number of carbonyl (C=O) groups is 2. The van der Waals surface area contributed by atoms with Gasteiger partial charge < -0.3 is 10.1 Å². The maximum absolute atomic E-state index is 13.2. The molecule has 2 heterocycles. The highest BCUT2D eigenvalue weighted by Crippen LogP contribution is 2.34. The van der Waals surface area contributed by atoms with Gasteiger partial charge in [0.1, 0.15) is 22.4 Å². The van der Waals surface area contributed by atoms with Crippen LogP contribution in [0.2, 0.25) is 5.02 Å². The van der Waals surface area contributed by atoms with Crippen LogP contribution in [-0.2, 0) is 22.3 Å². The average molecular weight is 550 g/mol. The molecular weight excluding hydrogens is 531 g/mol. The van der Waals surface area contributed by atoms with Crippen molar-refractivity contribution >= 4 is 50.7 Å². The Kier molecular flexibility index (Phi) is 7.37. The second kappa shape index (κ2) is 10.3. The molecule has 0 radical (unpaired) electrons. The molecule has 0 aliphatic carbocycles. The Bertz CT molecular complexity index is 1550. The number of esters is 1. The molecule has 1 amide bonds. The number of aryl methyl sites for hydroxylation is 1. The van der Waals surface area contributed by atoms with Crippen molar-refractivity contribution in [3.8, 4) is 0 Å². The summed E-state index contributed by atoms with van der Waals surface area (Å²) in [5.41, 5.74) is -0.654. The molecule has 4 aromatic rings. The van der Waals surface area contributed by atoms with Gasteiger partial charge in [-0.3, -0.25) is 14.2 Å². The first-order valence-electron chi connectivity index (χ1n) is 10.9. The van der Waals surface area contributed by atoms with E-state index in [1.807, 2.05) is 30.3 Å². The van der Waals surface area contributed by atoms with Crippen molar-refractivity contribution < 1.29 is 27.5 Å². The number of amides is 1. The number of thiophene rings is 1. The van der Waals surface area contributed by atoms with E-state index < -0.39 is 35.2 Å². The summed E-state index contributed by atoms with van der Waals surface area (Å²) in [6, 6.07) is 10.5. The van der Waals surface area contributed by atoms with Crippen LogP contribution in [0.4, 0.5) is 18.9 Å². The lowest BCUT2D eigenvalue weighted by molar-refractivity contribution is -0.137. The number of benzene rings is 2. The summed E-state index contributed by atoms with van der Waals surface area (Å²) in [5.74, 6) is -1.39. The van der Waals surface area contributed by atoms with E-state index in [2.05, 4.69) is 10.3 Å². The van der Waals surface area contributed by atoms with Crippen molar-refractivity contribution in [3.63, 3.8) is 0 Å². The third-order valence-corrected chi connectivity index (χ3v) is 7.13. The number of nitrogens with one attached hydrogen (secondary N) is 1. The second-order valence-corrected chi connectivity index (χ2v) is 9.52. The summed E-state index contributed by atoms with van der Waals surface area (Å²) < 4.78 is 45.6. The maximum atomic E-state index is 13.2. The highest BCUT2D eigenvalue weighted by Gasteiger charge is 2.31. The Morgan fingerprint density at radius 1 is 1.19 bits per heavy atom. The molecule has 4 rings (SSSR count). The summed E-state index contributed by atoms with van der Waals surface area (Å²) >= 11 is 6.96. The minimum Gasteiger partial charge on any atom is -0.457 e. The van der Waals surface area contributed by atoms with E-state index in [0.717, 1.165) is 39.9 Å². The zero-order chi connectivity index (χ0) is 26.9. The molecule has 0 spiro atoms. The molecule has 1 unspecified atom stereocenters. The van der Waals surface area contributed by atoms with Crippen molar-refractivity contribution in [2.45, 2.75) is 32.7 Å². The van der Waals surface area contributed by atoms with Gasteiger partial charge in [0.2, 0.25) is 5.91 Å². The van der Waals surface area contributed by atoms with Gasteiger partial charge in [-0.25, -0.2) is 9.78 Å². The number of carbonyl (C=O) groups excluding carboxylic acids is 2. The molecule has 2 aromatic heterocycles. The summed E-state index contributed by atoms with van der Waals surface area (Å²) in [4.78, 5) is 43.5. The van der Waals surface area contributed by atoms with Gasteiger partial charge in [0.05, 0.1) is 28.0 Å². The fourth-order valence-electron chi connectivity index (χ4n) is 3.56. The molecule has 0 aliphatic rings. The Labute approximate surface area is 217 Å². The summed E-state index contributed by atoms with van der Waals surface area (Å²) in [7, 11) is 0. The van der Waals surface area contributed by atoms with Crippen molar-refractivity contribution in [1.29, 1.82) is 0 Å². The second-order valence-electron chi connectivity index (χ2n) is 8.11. The highest BCUT2D eigenvalue weighted by molar-refractivity contribution is 7.20. The molecule has 37 heavy (non-hydrogen) atoms. The normalized spacial score (nSPS) is 12.4. The third-order valence-electron chi connectivity index (χ3n) is 5.62. The van der Waals surface area contributed by atoms with Gasteiger partial charge in [-0.15, -0.1) is 11.3 Å². The largest absolute Gasteiger partial charge is 0.457 e. The van der Waals surface area contributed by atoms with Gasteiger partial charge in [-0.05, 0) is 43.2 Å². The van der Waals surface area contributed by atoms with Crippen LogP contribution in [0.1, 0.15) is 39.3 Å². The average Bonchev–Trinajstić information content (AvgIpc) is 3.20. The smallest absolute Gasteiger partial charge is 0.416 e. The van der Waals surface area contributed by atoms with Crippen LogP contribution in [0.3, 0.4) is 0 Å². The van der Waals surface area contributed by atoms with Crippen molar-refractivity contribution in [1.82, 2.24) is 9.55 Å². The van der Waals surface area contributed by atoms with E-state index in [-0.39, 0.29) is 27.6 Å². The number of rotatable bonds is 6. The van der Waals surface area contributed by atoms with Crippen LogP contribution < -0.4 is 10.9 Å². The molecule has 192 valence electrons. The van der Waals surface area contributed by atoms with Crippen LogP contribution in [0, 0.1) is 6.92 Å². The number of fused-ring (bicyclic) bond motifs is 1. The molecular formula is C25H19ClF3N3O4S. The van der Waals surface area contributed by atoms with E-state index in [0.29, 0.717) is 16.5 Å². The monoisotopic (exact) mass is 549 g/mol. The molecule has 2 aromatic carbocycles. The van der Waals surface area contributed by atoms with Gasteiger partial charge in [-0.2, -0.15) is 13.2 Å². The maximum Gasteiger partial charge on any atom is 0.416 e. The molecule has 0 bridgehead atoms. The molecule has 0 fully saturated rings. The predicted molar refractivity (Wildman–Crippen MR) is 134 cm³/mol. The van der Waals surface area contributed by atoms with Gasteiger partial charge in [0.15, 0.2) is 0 Å². The van der Waals surface area contributed by atoms with Crippen LogP contribution in [0.15, 0.2) is 59.7 Å². The first-order chi connectivity index (χ1) is 17.5. The topological polar surface area (TPSA) is 90.3 Å². The lowest BCUT2D eigenvalue weighted by atomic mass is 10.2. The lowest BCUT2D eigenvalue weighted by Crippen LogP contribution is -2.32. The number of hydrogen-bond acceptors (Lipinski definition) is 6. The van der Waals surface area contributed by atoms with Crippen LogP contribution in [0.25, 0.3) is 10.2 Å². The molecule has 0 saturated heterocycles. The van der Waals surface area contributed by atoms with Gasteiger partial charge in [0, 0.05) is 0 Å². The Hall–Kier alpha value is -3.70. The minimum atomic E-state index is -4.63. The Balaban J connectivity index is 1.58. The number of nitrogens with zero attached hydrogens (tertiary/aromatic N) is 2.